The number of piperazine rings is 1. The highest BCUT2D eigenvalue weighted by Gasteiger charge is 2.36. The molecule has 112 valence electrons. The Bertz CT molecular complexity index is 458. The minimum Gasteiger partial charge on any atom is -0.365 e. The zero-order valence-electron chi connectivity index (χ0n) is 12.5. The van der Waals surface area contributed by atoms with E-state index in [1.54, 1.807) is 0 Å². The molecule has 0 aromatic heterocycles. The van der Waals surface area contributed by atoms with Gasteiger partial charge in [0.05, 0.1) is 5.69 Å². The highest BCUT2D eigenvalue weighted by molar-refractivity contribution is 9.11. The molecular formula is C16H24Br2N2. The molecule has 0 aliphatic carbocycles. The number of hydrogen-bond acceptors (Lipinski definition) is 2. The molecule has 0 radical (unpaired) electrons. The second-order valence-corrected chi connectivity index (χ2v) is 7.42. The van der Waals surface area contributed by atoms with Gasteiger partial charge >= 0.3 is 0 Å². The van der Waals surface area contributed by atoms with Crippen molar-refractivity contribution in [1.29, 1.82) is 0 Å². The van der Waals surface area contributed by atoms with Crippen LogP contribution in [0.15, 0.2) is 27.1 Å². The largest absolute Gasteiger partial charge is 0.365 e. The van der Waals surface area contributed by atoms with Gasteiger partial charge in [-0.15, -0.1) is 0 Å². The summed E-state index contributed by atoms with van der Waals surface area (Å²) in [4.78, 5) is 2.58. The fraction of sp³-hybridized carbons (Fsp3) is 0.625. The van der Waals surface area contributed by atoms with E-state index in [0.29, 0.717) is 6.04 Å². The molecule has 1 atom stereocenters. The van der Waals surface area contributed by atoms with Crippen molar-refractivity contribution in [2.45, 2.75) is 51.6 Å². The predicted molar refractivity (Wildman–Crippen MR) is 94.6 cm³/mol. The molecule has 0 saturated carbocycles. The van der Waals surface area contributed by atoms with Gasteiger partial charge in [-0.3, -0.25) is 0 Å². The van der Waals surface area contributed by atoms with Crippen LogP contribution in [0.2, 0.25) is 0 Å². The van der Waals surface area contributed by atoms with Crippen molar-refractivity contribution in [1.82, 2.24) is 5.32 Å². The molecule has 1 aliphatic rings. The Kier molecular flexibility index (Phi) is 5.55. The Morgan fingerprint density at radius 1 is 1.25 bits per heavy atom. The zero-order chi connectivity index (χ0) is 14.8. The van der Waals surface area contributed by atoms with Crippen molar-refractivity contribution in [3.05, 3.63) is 27.1 Å². The lowest BCUT2D eigenvalue weighted by Gasteiger charge is -2.48. The van der Waals surface area contributed by atoms with Gasteiger partial charge in [0.2, 0.25) is 0 Å². The molecule has 1 aliphatic heterocycles. The quantitative estimate of drug-likeness (QED) is 0.764. The summed E-state index contributed by atoms with van der Waals surface area (Å²) in [5.74, 6) is 0. The molecule has 4 heteroatoms. The fourth-order valence-corrected chi connectivity index (χ4v) is 4.31. The van der Waals surface area contributed by atoms with Crippen molar-refractivity contribution in [3.63, 3.8) is 0 Å². The minimum absolute atomic E-state index is 0.248. The van der Waals surface area contributed by atoms with E-state index in [0.717, 1.165) is 17.6 Å². The van der Waals surface area contributed by atoms with Crippen LogP contribution >= 0.6 is 31.9 Å². The summed E-state index contributed by atoms with van der Waals surface area (Å²) in [5.41, 5.74) is 1.56. The number of halogens is 2. The van der Waals surface area contributed by atoms with E-state index in [2.05, 4.69) is 81.0 Å². The molecule has 20 heavy (non-hydrogen) atoms. The van der Waals surface area contributed by atoms with Crippen molar-refractivity contribution in [3.8, 4) is 0 Å². The molecule has 1 N–H and O–H groups in total. The van der Waals surface area contributed by atoms with E-state index in [1.807, 2.05) is 0 Å². The molecule has 2 rings (SSSR count). The minimum atomic E-state index is 0.248. The number of nitrogens with zero attached hydrogens (tertiary/aromatic N) is 1. The summed E-state index contributed by atoms with van der Waals surface area (Å²) >= 11 is 7.27. The molecule has 0 amide bonds. The van der Waals surface area contributed by atoms with Gasteiger partial charge in [0.25, 0.3) is 0 Å². The number of nitrogens with one attached hydrogen (secondary N) is 1. The van der Waals surface area contributed by atoms with Crippen LogP contribution < -0.4 is 10.2 Å². The molecule has 0 bridgehead atoms. The van der Waals surface area contributed by atoms with Crippen LogP contribution in [-0.2, 0) is 0 Å². The first-order chi connectivity index (χ1) is 9.55. The van der Waals surface area contributed by atoms with Gasteiger partial charge in [0.15, 0.2) is 0 Å². The van der Waals surface area contributed by atoms with E-state index in [-0.39, 0.29) is 5.54 Å². The summed E-state index contributed by atoms with van der Waals surface area (Å²) in [6, 6.07) is 7.06. The molecule has 1 fully saturated rings. The third-order valence-electron chi connectivity index (χ3n) is 4.67. The normalized spacial score (nSPS) is 22.1. The second kappa shape index (κ2) is 6.80. The Morgan fingerprint density at radius 3 is 2.50 bits per heavy atom. The summed E-state index contributed by atoms with van der Waals surface area (Å²) in [7, 11) is 0. The average molecular weight is 404 g/mol. The number of benzene rings is 1. The van der Waals surface area contributed by atoms with E-state index >= 15 is 0 Å². The molecule has 1 aromatic rings. The summed E-state index contributed by atoms with van der Waals surface area (Å²) < 4.78 is 2.29. The summed E-state index contributed by atoms with van der Waals surface area (Å²) in [5, 5.41) is 3.80. The highest BCUT2D eigenvalue weighted by atomic mass is 79.9. The third kappa shape index (κ3) is 3.23. The maximum atomic E-state index is 3.80. The van der Waals surface area contributed by atoms with E-state index in [4.69, 9.17) is 0 Å². The molecular weight excluding hydrogens is 380 g/mol. The van der Waals surface area contributed by atoms with E-state index in [9.17, 15) is 0 Å². The summed E-state index contributed by atoms with van der Waals surface area (Å²) in [6.45, 7) is 9.01. The third-order valence-corrected chi connectivity index (χ3v) is 5.80. The van der Waals surface area contributed by atoms with Gasteiger partial charge in [0.1, 0.15) is 0 Å². The van der Waals surface area contributed by atoms with E-state index in [1.165, 1.54) is 29.4 Å². The first-order valence-corrected chi connectivity index (χ1v) is 9.10. The van der Waals surface area contributed by atoms with Gasteiger partial charge in [-0.2, -0.15) is 0 Å². The van der Waals surface area contributed by atoms with Gasteiger partial charge in [-0.25, -0.2) is 0 Å². The SMILES string of the molecule is CCC1CNC(CC)(CC)CN1c1ccc(Br)cc1Br. The Labute approximate surface area is 139 Å². The van der Waals surface area contributed by atoms with Crippen LogP contribution in [0.4, 0.5) is 5.69 Å². The van der Waals surface area contributed by atoms with Crippen molar-refractivity contribution in [2.24, 2.45) is 0 Å². The van der Waals surface area contributed by atoms with E-state index < -0.39 is 0 Å². The van der Waals surface area contributed by atoms with Crippen molar-refractivity contribution in [2.75, 3.05) is 18.0 Å². The highest BCUT2D eigenvalue weighted by Crippen LogP contribution is 2.35. The van der Waals surface area contributed by atoms with Gasteiger partial charge in [0, 0.05) is 33.6 Å². The Morgan fingerprint density at radius 2 is 1.95 bits per heavy atom. The molecule has 1 aromatic carbocycles. The van der Waals surface area contributed by atoms with Gasteiger partial charge in [-0.05, 0) is 53.4 Å². The number of rotatable bonds is 4. The zero-order valence-corrected chi connectivity index (χ0v) is 15.7. The van der Waals surface area contributed by atoms with Gasteiger partial charge in [-0.1, -0.05) is 36.7 Å². The smallest absolute Gasteiger partial charge is 0.0515 e. The molecule has 0 spiro atoms. The van der Waals surface area contributed by atoms with Crippen LogP contribution in [0, 0.1) is 0 Å². The predicted octanol–water partition coefficient (Wildman–Crippen LogP) is 4.96. The standard InChI is InChI=1S/C16H24Br2N2/c1-4-13-10-19-16(5-2,6-3)11-20(13)15-8-7-12(17)9-14(15)18/h7-9,13,19H,4-6,10-11H2,1-3H3. The van der Waals surface area contributed by atoms with Crippen LogP contribution in [0.5, 0.6) is 0 Å². The first-order valence-electron chi connectivity index (χ1n) is 7.52. The topological polar surface area (TPSA) is 15.3 Å². The maximum absolute atomic E-state index is 3.80. The number of hydrogen-bond donors (Lipinski definition) is 1. The lowest BCUT2D eigenvalue weighted by atomic mass is 9.87. The molecule has 1 unspecified atom stereocenters. The monoisotopic (exact) mass is 402 g/mol. The molecule has 1 heterocycles. The molecule has 1 saturated heterocycles. The lowest BCUT2D eigenvalue weighted by molar-refractivity contribution is 0.246. The average Bonchev–Trinajstić information content (AvgIpc) is 2.46. The van der Waals surface area contributed by atoms with Gasteiger partial charge < -0.3 is 10.2 Å². The van der Waals surface area contributed by atoms with Crippen LogP contribution in [0.1, 0.15) is 40.0 Å². The van der Waals surface area contributed by atoms with Crippen LogP contribution in [-0.4, -0.2) is 24.7 Å². The summed E-state index contributed by atoms with van der Waals surface area (Å²) in [6.07, 6.45) is 3.51. The lowest BCUT2D eigenvalue weighted by Crippen LogP contribution is -2.64. The maximum Gasteiger partial charge on any atom is 0.0515 e. The van der Waals surface area contributed by atoms with Crippen molar-refractivity contribution < 1.29 is 0 Å². The fourth-order valence-electron chi connectivity index (χ4n) is 3.04. The van der Waals surface area contributed by atoms with Crippen LogP contribution in [0.3, 0.4) is 0 Å². The Balaban J connectivity index is 2.33. The molecule has 2 nitrogen and oxygen atoms in total. The Hall–Kier alpha value is -0.0600. The first kappa shape index (κ1) is 16.3. The second-order valence-electron chi connectivity index (χ2n) is 5.65. The number of anilines is 1. The van der Waals surface area contributed by atoms with Crippen molar-refractivity contribution >= 4 is 37.5 Å². The van der Waals surface area contributed by atoms with Crippen LogP contribution in [0.25, 0.3) is 0 Å².